The number of aryl methyl sites for hydroxylation is 2. The minimum absolute atomic E-state index is 0.0598. The Kier molecular flexibility index (Phi) is 8.90. The van der Waals surface area contributed by atoms with E-state index in [0.717, 1.165) is 42.0 Å². The van der Waals surface area contributed by atoms with Gasteiger partial charge in [-0.2, -0.15) is 0 Å². The zero-order valence-electron chi connectivity index (χ0n) is 22.7. The summed E-state index contributed by atoms with van der Waals surface area (Å²) in [7, 11) is 0. The summed E-state index contributed by atoms with van der Waals surface area (Å²) in [5, 5.41) is 17.3. The second kappa shape index (κ2) is 12.6. The molecule has 40 heavy (non-hydrogen) atoms. The number of ether oxygens (including phenoxy) is 2. The van der Waals surface area contributed by atoms with E-state index in [1.807, 2.05) is 24.3 Å². The Balaban J connectivity index is 1.29. The molecule has 1 aliphatic carbocycles. The zero-order chi connectivity index (χ0) is 28.1. The molecule has 8 heteroatoms. The predicted molar refractivity (Wildman–Crippen MR) is 148 cm³/mol. The molecule has 1 aliphatic heterocycles. The van der Waals surface area contributed by atoms with Gasteiger partial charge in [0.2, 0.25) is 0 Å². The summed E-state index contributed by atoms with van der Waals surface area (Å²) in [5.41, 5.74) is 5.26. The smallest absolute Gasteiger partial charge is 0.251 e. The Hall–Kier alpha value is -3.17. The van der Waals surface area contributed by atoms with Crippen molar-refractivity contribution in [3.63, 3.8) is 0 Å². The van der Waals surface area contributed by atoms with Crippen molar-refractivity contribution in [1.82, 2.24) is 10.6 Å². The maximum atomic E-state index is 13.9. The van der Waals surface area contributed by atoms with E-state index in [-0.39, 0.29) is 18.9 Å². The number of amides is 1. The van der Waals surface area contributed by atoms with Crippen LogP contribution in [0.3, 0.4) is 0 Å². The number of carbonyl (C=O) groups is 1. The highest BCUT2D eigenvalue weighted by Gasteiger charge is 2.40. The summed E-state index contributed by atoms with van der Waals surface area (Å²) < 4.78 is 39.6. The molecule has 1 heterocycles. The normalized spacial score (nSPS) is 17.4. The van der Waals surface area contributed by atoms with Gasteiger partial charge in [-0.15, -0.1) is 0 Å². The van der Waals surface area contributed by atoms with Gasteiger partial charge in [0, 0.05) is 37.6 Å². The van der Waals surface area contributed by atoms with Gasteiger partial charge in [0.25, 0.3) is 5.91 Å². The molecule has 0 saturated carbocycles. The molecule has 0 aromatic heterocycles. The number of rotatable bonds is 10. The van der Waals surface area contributed by atoms with Crippen LogP contribution in [0.1, 0.15) is 51.5 Å². The Bertz CT molecular complexity index is 1320. The van der Waals surface area contributed by atoms with Crippen molar-refractivity contribution in [2.24, 2.45) is 0 Å². The van der Waals surface area contributed by atoms with Crippen LogP contribution in [0.5, 0.6) is 0 Å². The first-order valence-corrected chi connectivity index (χ1v) is 13.9. The number of nitrogens with one attached hydrogen (secondary N) is 2. The zero-order valence-corrected chi connectivity index (χ0v) is 22.7. The average molecular weight is 551 g/mol. The third kappa shape index (κ3) is 6.93. The van der Waals surface area contributed by atoms with E-state index in [2.05, 4.69) is 29.7 Å². The van der Waals surface area contributed by atoms with Crippen LogP contribution >= 0.6 is 0 Å². The molecule has 3 N–H and O–H groups in total. The second-order valence-corrected chi connectivity index (χ2v) is 10.7. The highest BCUT2D eigenvalue weighted by atomic mass is 19.1. The molecule has 0 unspecified atom stereocenters. The van der Waals surface area contributed by atoms with Crippen LogP contribution in [0.4, 0.5) is 8.78 Å². The van der Waals surface area contributed by atoms with Gasteiger partial charge in [-0.3, -0.25) is 4.79 Å². The SMILES string of the molecule is CCc1cccc(CNC[C@H](O)[C@@H](Cc2cc(F)cc(F)c2)NC(=O)c2ccc3c(c2)CC2(CC3)OCCO2)c1. The van der Waals surface area contributed by atoms with Gasteiger partial charge < -0.3 is 25.2 Å². The van der Waals surface area contributed by atoms with Crippen LogP contribution in [-0.2, 0) is 41.7 Å². The van der Waals surface area contributed by atoms with E-state index in [9.17, 15) is 18.7 Å². The molecular weight excluding hydrogens is 514 g/mol. The van der Waals surface area contributed by atoms with Crippen LogP contribution in [0.2, 0.25) is 0 Å². The van der Waals surface area contributed by atoms with Gasteiger partial charge >= 0.3 is 0 Å². The first-order valence-electron chi connectivity index (χ1n) is 13.9. The Morgan fingerprint density at radius 2 is 1.73 bits per heavy atom. The lowest BCUT2D eigenvalue weighted by Gasteiger charge is -2.33. The number of benzene rings is 3. The topological polar surface area (TPSA) is 79.8 Å². The molecule has 2 atom stereocenters. The van der Waals surface area contributed by atoms with Gasteiger partial charge in [-0.1, -0.05) is 37.3 Å². The van der Waals surface area contributed by atoms with E-state index >= 15 is 0 Å². The first-order chi connectivity index (χ1) is 19.3. The van der Waals surface area contributed by atoms with E-state index in [1.54, 1.807) is 6.07 Å². The van der Waals surface area contributed by atoms with Crippen molar-refractivity contribution in [1.29, 1.82) is 0 Å². The summed E-state index contributed by atoms with van der Waals surface area (Å²) in [6, 6.07) is 16.2. The Morgan fingerprint density at radius 1 is 0.975 bits per heavy atom. The van der Waals surface area contributed by atoms with Gasteiger partial charge in [-0.05, 0) is 71.3 Å². The Morgan fingerprint density at radius 3 is 2.48 bits per heavy atom. The summed E-state index contributed by atoms with van der Waals surface area (Å²) in [4.78, 5) is 13.4. The minimum atomic E-state index is -1.01. The fourth-order valence-electron chi connectivity index (χ4n) is 5.61. The number of hydrogen-bond acceptors (Lipinski definition) is 5. The molecule has 1 saturated heterocycles. The molecule has 2 aliphatic rings. The minimum Gasteiger partial charge on any atom is -0.390 e. The van der Waals surface area contributed by atoms with Crippen molar-refractivity contribution in [2.75, 3.05) is 19.8 Å². The standard InChI is InChI=1S/C32H36F2N2O4/c1-2-21-4-3-5-22(12-21)19-35-20-30(37)29(15-23-13-27(33)17-28(34)14-23)36-31(38)25-7-6-24-8-9-32(18-26(24)16-25)39-10-11-40-32/h3-7,12-14,16-17,29-30,35,37H,2,8-11,15,18-20H2,1H3,(H,36,38)/t29-,30+/m1/s1. The highest BCUT2D eigenvalue weighted by molar-refractivity contribution is 5.94. The average Bonchev–Trinajstić information content (AvgIpc) is 3.39. The summed E-state index contributed by atoms with van der Waals surface area (Å²) in [6.45, 7) is 3.94. The quantitative estimate of drug-likeness (QED) is 0.352. The Labute approximate surface area is 233 Å². The van der Waals surface area contributed by atoms with Crippen molar-refractivity contribution < 1.29 is 28.2 Å². The summed E-state index contributed by atoms with van der Waals surface area (Å²) in [6.07, 6.45) is 2.13. The monoisotopic (exact) mass is 550 g/mol. The third-order valence-corrected chi connectivity index (χ3v) is 7.76. The number of aliphatic hydroxyl groups excluding tert-OH is 1. The fraction of sp³-hybridized carbons (Fsp3) is 0.406. The summed E-state index contributed by atoms with van der Waals surface area (Å²) >= 11 is 0. The molecule has 1 fully saturated rings. The maximum Gasteiger partial charge on any atom is 0.251 e. The molecular formula is C32H36F2N2O4. The molecule has 212 valence electrons. The fourth-order valence-corrected chi connectivity index (χ4v) is 5.61. The van der Waals surface area contributed by atoms with E-state index in [4.69, 9.17) is 9.47 Å². The molecule has 6 nitrogen and oxygen atoms in total. The molecule has 0 bridgehead atoms. The van der Waals surface area contributed by atoms with Crippen molar-refractivity contribution in [3.05, 3.63) is 106 Å². The highest BCUT2D eigenvalue weighted by Crippen LogP contribution is 2.35. The molecule has 0 radical (unpaired) electrons. The van der Waals surface area contributed by atoms with Crippen LogP contribution < -0.4 is 10.6 Å². The number of carbonyl (C=O) groups excluding carboxylic acids is 1. The molecule has 5 rings (SSSR count). The van der Waals surface area contributed by atoms with Crippen molar-refractivity contribution in [3.8, 4) is 0 Å². The largest absolute Gasteiger partial charge is 0.390 e. The number of halogens is 2. The maximum absolute atomic E-state index is 13.9. The van der Waals surface area contributed by atoms with Crippen LogP contribution in [0, 0.1) is 11.6 Å². The number of aliphatic hydroxyl groups is 1. The first kappa shape index (κ1) is 28.4. The van der Waals surface area contributed by atoms with E-state index in [0.29, 0.717) is 37.3 Å². The van der Waals surface area contributed by atoms with Crippen LogP contribution in [0.25, 0.3) is 0 Å². The lowest BCUT2D eigenvalue weighted by atomic mass is 9.86. The van der Waals surface area contributed by atoms with Crippen LogP contribution in [0.15, 0.2) is 60.7 Å². The van der Waals surface area contributed by atoms with Gasteiger partial charge in [0.1, 0.15) is 11.6 Å². The van der Waals surface area contributed by atoms with E-state index < -0.39 is 29.6 Å². The lowest BCUT2D eigenvalue weighted by molar-refractivity contribution is -0.163. The molecule has 3 aromatic rings. The number of hydrogen-bond donors (Lipinski definition) is 3. The molecule has 3 aromatic carbocycles. The molecule has 1 amide bonds. The van der Waals surface area contributed by atoms with E-state index in [1.165, 1.54) is 17.7 Å². The van der Waals surface area contributed by atoms with Crippen molar-refractivity contribution >= 4 is 5.91 Å². The summed E-state index contributed by atoms with van der Waals surface area (Å²) in [5.74, 6) is -2.40. The van der Waals surface area contributed by atoms with Gasteiger partial charge in [0.05, 0.1) is 25.4 Å². The number of fused-ring (bicyclic) bond motifs is 1. The second-order valence-electron chi connectivity index (χ2n) is 10.7. The third-order valence-electron chi connectivity index (χ3n) is 7.76. The van der Waals surface area contributed by atoms with Crippen molar-refractivity contribution in [2.45, 2.75) is 63.5 Å². The molecule has 1 spiro atoms. The van der Waals surface area contributed by atoms with Crippen LogP contribution in [-0.4, -0.2) is 48.7 Å². The lowest BCUT2D eigenvalue weighted by Crippen LogP contribution is -2.48. The van der Waals surface area contributed by atoms with Gasteiger partial charge in [-0.25, -0.2) is 8.78 Å². The van der Waals surface area contributed by atoms with Gasteiger partial charge in [0.15, 0.2) is 5.79 Å². The predicted octanol–water partition coefficient (Wildman–Crippen LogP) is 4.25.